The van der Waals surface area contributed by atoms with Gasteiger partial charge in [0.25, 0.3) is 0 Å². The van der Waals surface area contributed by atoms with Crippen molar-refractivity contribution in [1.82, 2.24) is 9.88 Å². The minimum atomic E-state index is -0.164. The Balaban J connectivity index is 2.04. The fraction of sp³-hybridized carbons (Fsp3) is 0.545. The number of pyridine rings is 1. The molecule has 1 unspecified atom stereocenters. The Labute approximate surface area is 89.7 Å². The zero-order valence-electron chi connectivity index (χ0n) is 8.76. The summed E-state index contributed by atoms with van der Waals surface area (Å²) in [7, 11) is 0. The zero-order valence-corrected chi connectivity index (χ0v) is 8.76. The number of aliphatic hydroxyl groups is 1. The Morgan fingerprint density at radius 1 is 1.60 bits per heavy atom. The molecule has 0 spiro atoms. The largest absolute Gasteiger partial charge is 0.392 e. The first-order valence-corrected chi connectivity index (χ1v) is 5.33. The molecular weight excluding hydrogens is 190 g/mol. The van der Waals surface area contributed by atoms with Crippen molar-refractivity contribution >= 4 is 0 Å². The van der Waals surface area contributed by atoms with Crippen LogP contribution in [0, 0.1) is 0 Å². The zero-order chi connectivity index (χ0) is 10.7. The highest BCUT2D eigenvalue weighted by atomic mass is 16.3. The van der Waals surface area contributed by atoms with Gasteiger partial charge in [0.05, 0.1) is 11.8 Å². The van der Waals surface area contributed by atoms with Crippen molar-refractivity contribution in [3.8, 4) is 0 Å². The molecule has 0 aliphatic carbocycles. The second-order valence-electron chi connectivity index (χ2n) is 3.99. The van der Waals surface area contributed by atoms with Crippen molar-refractivity contribution in [2.45, 2.75) is 25.6 Å². The van der Waals surface area contributed by atoms with Crippen LogP contribution < -0.4 is 5.73 Å². The molecule has 1 saturated heterocycles. The monoisotopic (exact) mass is 207 g/mol. The third-order valence-electron chi connectivity index (χ3n) is 2.82. The maximum atomic E-state index is 9.42. The minimum absolute atomic E-state index is 0.164. The van der Waals surface area contributed by atoms with E-state index >= 15 is 0 Å². The van der Waals surface area contributed by atoms with Crippen LogP contribution in [0.25, 0.3) is 0 Å². The van der Waals surface area contributed by atoms with Crippen LogP contribution in [0.3, 0.4) is 0 Å². The number of β-amino-alcohol motifs (C(OH)–C–C–N with tert-alkyl or cyclic N) is 1. The maximum absolute atomic E-state index is 9.42. The molecule has 1 aliphatic rings. The van der Waals surface area contributed by atoms with Crippen LogP contribution in [0.5, 0.6) is 0 Å². The Kier molecular flexibility index (Phi) is 3.30. The van der Waals surface area contributed by atoms with E-state index in [1.807, 2.05) is 6.07 Å². The first kappa shape index (κ1) is 10.5. The van der Waals surface area contributed by atoms with Gasteiger partial charge in [0.15, 0.2) is 0 Å². The molecule has 0 aromatic carbocycles. The van der Waals surface area contributed by atoms with Gasteiger partial charge >= 0.3 is 0 Å². The molecule has 1 fully saturated rings. The van der Waals surface area contributed by atoms with Crippen molar-refractivity contribution in [2.75, 3.05) is 13.1 Å². The van der Waals surface area contributed by atoms with Crippen molar-refractivity contribution in [3.05, 3.63) is 29.6 Å². The number of rotatable bonds is 3. The number of hydrogen-bond donors (Lipinski definition) is 2. The number of aliphatic hydroxyl groups excluding tert-OH is 1. The third-order valence-corrected chi connectivity index (χ3v) is 2.82. The second kappa shape index (κ2) is 4.70. The highest BCUT2D eigenvalue weighted by Gasteiger charge is 2.20. The molecule has 1 aromatic rings. The molecule has 4 nitrogen and oxygen atoms in total. The Hall–Kier alpha value is -0.970. The number of hydrogen-bond acceptors (Lipinski definition) is 4. The smallest absolute Gasteiger partial charge is 0.0679 e. The van der Waals surface area contributed by atoms with Gasteiger partial charge in [0.2, 0.25) is 0 Å². The van der Waals surface area contributed by atoms with Gasteiger partial charge < -0.3 is 10.8 Å². The molecule has 1 aromatic heterocycles. The lowest BCUT2D eigenvalue weighted by molar-refractivity contribution is 0.174. The van der Waals surface area contributed by atoms with Gasteiger partial charge in [-0.1, -0.05) is 6.07 Å². The fourth-order valence-corrected chi connectivity index (χ4v) is 2.00. The summed E-state index contributed by atoms with van der Waals surface area (Å²) in [6.07, 6.45) is 2.48. The highest BCUT2D eigenvalue weighted by molar-refractivity contribution is 5.19. The first-order chi connectivity index (χ1) is 7.29. The molecule has 1 atom stereocenters. The molecular formula is C11H17N3O. The van der Waals surface area contributed by atoms with E-state index in [-0.39, 0.29) is 6.10 Å². The van der Waals surface area contributed by atoms with Gasteiger partial charge in [0.1, 0.15) is 0 Å². The van der Waals surface area contributed by atoms with Crippen LogP contribution in [0.4, 0.5) is 0 Å². The summed E-state index contributed by atoms with van der Waals surface area (Å²) >= 11 is 0. The highest BCUT2D eigenvalue weighted by Crippen LogP contribution is 2.14. The van der Waals surface area contributed by atoms with Gasteiger partial charge in [0, 0.05) is 32.4 Å². The average Bonchev–Trinajstić information content (AvgIpc) is 2.65. The SMILES string of the molecule is NCc1ncccc1CN1CCC(O)C1. The standard InChI is InChI=1S/C11H17N3O/c12-6-11-9(2-1-4-13-11)7-14-5-3-10(15)8-14/h1-2,4,10,15H,3,5-8,12H2. The average molecular weight is 207 g/mol. The predicted octanol–water partition coefficient (Wildman–Crippen LogP) is 0.107. The van der Waals surface area contributed by atoms with E-state index in [0.717, 1.165) is 31.7 Å². The molecule has 82 valence electrons. The van der Waals surface area contributed by atoms with Crippen LogP contribution in [0.2, 0.25) is 0 Å². The topological polar surface area (TPSA) is 62.4 Å². The van der Waals surface area contributed by atoms with Crippen LogP contribution >= 0.6 is 0 Å². The van der Waals surface area contributed by atoms with Gasteiger partial charge in [-0.25, -0.2) is 0 Å². The van der Waals surface area contributed by atoms with E-state index in [2.05, 4.69) is 16.0 Å². The second-order valence-corrected chi connectivity index (χ2v) is 3.99. The first-order valence-electron chi connectivity index (χ1n) is 5.33. The van der Waals surface area contributed by atoms with Crippen molar-refractivity contribution in [3.63, 3.8) is 0 Å². The van der Waals surface area contributed by atoms with E-state index in [1.54, 1.807) is 6.20 Å². The summed E-state index contributed by atoms with van der Waals surface area (Å²) in [5, 5.41) is 9.42. The lowest BCUT2D eigenvalue weighted by Crippen LogP contribution is -2.22. The van der Waals surface area contributed by atoms with Crippen LogP contribution in [0.1, 0.15) is 17.7 Å². The predicted molar refractivity (Wildman–Crippen MR) is 58.0 cm³/mol. The van der Waals surface area contributed by atoms with E-state index in [1.165, 1.54) is 5.56 Å². The van der Waals surface area contributed by atoms with Crippen LogP contribution in [-0.2, 0) is 13.1 Å². The normalized spacial score (nSPS) is 22.1. The Bertz CT molecular complexity index is 329. The molecule has 3 N–H and O–H groups in total. The van der Waals surface area contributed by atoms with Crippen molar-refractivity contribution < 1.29 is 5.11 Å². The number of likely N-dealkylation sites (tertiary alicyclic amines) is 1. The molecule has 2 heterocycles. The van der Waals surface area contributed by atoms with Gasteiger partial charge in [-0.3, -0.25) is 9.88 Å². The van der Waals surface area contributed by atoms with Crippen molar-refractivity contribution in [2.24, 2.45) is 5.73 Å². The minimum Gasteiger partial charge on any atom is -0.392 e. The van der Waals surface area contributed by atoms with Crippen molar-refractivity contribution in [1.29, 1.82) is 0 Å². The van der Waals surface area contributed by atoms with Gasteiger partial charge in [-0.05, 0) is 18.1 Å². The van der Waals surface area contributed by atoms with Crippen LogP contribution in [0.15, 0.2) is 18.3 Å². The Morgan fingerprint density at radius 2 is 2.47 bits per heavy atom. The van der Waals surface area contributed by atoms with E-state index in [4.69, 9.17) is 5.73 Å². The molecule has 4 heteroatoms. The quantitative estimate of drug-likeness (QED) is 0.738. The third kappa shape index (κ3) is 2.53. The van der Waals surface area contributed by atoms with Crippen LogP contribution in [-0.4, -0.2) is 34.2 Å². The Morgan fingerprint density at radius 3 is 3.13 bits per heavy atom. The summed E-state index contributed by atoms with van der Waals surface area (Å²) < 4.78 is 0. The molecule has 15 heavy (non-hydrogen) atoms. The summed E-state index contributed by atoms with van der Waals surface area (Å²) in [5.41, 5.74) is 7.75. The summed E-state index contributed by atoms with van der Waals surface area (Å²) in [6.45, 7) is 3.04. The number of nitrogens with zero attached hydrogens (tertiary/aromatic N) is 2. The van der Waals surface area contributed by atoms with E-state index in [0.29, 0.717) is 6.54 Å². The number of aromatic nitrogens is 1. The van der Waals surface area contributed by atoms with Gasteiger partial charge in [-0.15, -0.1) is 0 Å². The lowest BCUT2D eigenvalue weighted by Gasteiger charge is -2.16. The summed E-state index contributed by atoms with van der Waals surface area (Å²) in [4.78, 5) is 6.48. The lowest BCUT2D eigenvalue weighted by atomic mass is 10.2. The van der Waals surface area contributed by atoms with E-state index in [9.17, 15) is 5.11 Å². The molecule has 0 saturated carbocycles. The molecule has 0 amide bonds. The molecule has 2 rings (SSSR count). The maximum Gasteiger partial charge on any atom is 0.0679 e. The summed E-state index contributed by atoms with van der Waals surface area (Å²) in [6, 6.07) is 3.99. The fourth-order valence-electron chi connectivity index (χ4n) is 2.00. The van der Waals surface area contributed by atoms with E-state index < -0.39 is 0 Å². The molecule has 0 bridgehead atoms. The molecule has 0 radical (unpaired) electrons. The van der Waals surface area contributed by atoms with Gasteiger partial charge in [-0.2, -0.15) is 0 Å². The number of nitrogens with two attached hydrogens (primary N) is 1. The molecule has 1 aliphatic heterocycles. The summed E-state index contributed by atoms with van der Waals surface area (Å²) in [5.74, 6) is 0.